The summed E-state index contributed by atoms with van der Waals surface area (Å²) in [5, 5.41) is 0. The number of methoxy groups -OCH3 is 1. The fourth-order valence-electron chi connectivity index (χ4n) is 5.29. The first kappa shape index (κ1) is 19.9. The molecular weight excluding hydrogens is 352 g/mol. The van der Waals surface area contributed by atoms with Gasteiger partial charge in [-0.1, -0.05) is 13.8 Å². The van der Waals surface area contributed by atoms with Gasteiger partial charge in [-0.25, -0.2) is 4.79 Å². The van der Waals surface area contributed by atoms with Crippen molar-refractivity contribution in [2.24, 2.45) is 17.3 Å². The van der Waals surface area contributed by atoms with Gasteiger partial charge in [0.1, 0.15) is 12.2 Å². The van der Waals surface area contributed by atoms with Gasteiger partial charge in [-0.3, -0.25) is 9.59 Å². The molecule has 0 aromatic rings. The molecule has 0 bridgehead atoms. The Bertz CT molecular complexity index is 711. The number of esters is 3. The van der Waals surface area contributed by atoms with Crippen molar-refractivity contribution >= 4 is 17.9 Å². The maximum atomic E-state index is 12.4. The van der Waals surface area contributed by atoms with Crippen LogP contribution in [0.4, 0.5) is 0 Å². The van der Waals surface area contributed by atoms with Crippen LogP contribution in [0.2, 0.25) is 0 Å². The molecule has 0 spiro atoms. The first-order valence-corrected chi connectivity index (χ1v) is 9.41. The van der Waals surface area contributed by atoms with Gasteiger partial charge in [0.15, 0.2) is 0 Å². The van der Waals surface area contributed by atoms with E-state index in [9.17, 15) is 14.4 Å². The summed E-state index contributed by atoms with van der Waals surface area (Å²) in [5.74, 6) is -2.40. The van der Waals surface area contributed by atoms with E-state index < -0.39 is 29.2 Å². The van der Waals surface area contributed by atoms with Crippen LogP contribution in [-0.2, 0) is 33.3 Å². The van der Waals surface area contributed by atoms with Gasteiger partial charge in [0.05, 0.1) is 5.57 Å². The molecule has 6 atom stereocenters. The summed E-state index contributed by atoms with van der Waals surface area (Å²) in [6.07, 6.45) is 1.00. The molecule has 0 saturated heterocycles. The third-order valence-corrected chi connectivity index (χ3v) is 6.87. The lowest BCUT2D eigenvalue weighted by molar-refractivity contribution is -0.244. The molecule has 2 saturated carbocycles. The van der Waals surface area contributed by atoms with Crippen LogP contribution in [0.15, 0.2) is 11.1 Å². The van der Waals surface area contributed by atoms with Gasteiger partial charge in [-0.05, 0) is 25.7 Å². The zero-order valence-corrected chi connectivity index (χ0v) is 16.8. The van der Waals surface area contributed by atoms with Crippen LogP contribution >= 0.6 is 0 Å². The lowest BCUT2D eigenvalue weighted by Crippen LogP contribution is -2.62. The Morgan fingerprint density at radius 2 is 1.78 bits per heavy atom. The number of carbonyl (C=O) groups excluding carboxylic acids is 3. The van der Waals surface area contributed by atoms with Crippen LogP contribution in [0.5, 0.6) is 0 Å². The smallest absolute Gasteiger partial charge is 0.336 e. The average molecular weight is 380 g/mol. The van der Waals surface area contributed by atoms with Crippen LogP contribution in [0, 0.1) is 17.3 Å². The molecule has 0 N–H and O–H groups in total. The van der Waals surface area contributed by atoms with Crippen molar-refractivity contribution in [2.75, 3.05) is 7.11 Å². The van der Waals surface area contributed by atoms with Crippen molar-refractivity contribution in [3.8, 4) is 0 Å². The van der Waals surface area contributed by atoms with Gasteiger partial charge in [0.2, 0.25) is 5.79 Å². The molecule has 0 amide bonds. The van der Waals surface area contributed by atoms with Crippen molar-refractivity contribution in [3.63, 3.8) is 0 Å². The molecule has 0 radical (unpaired) electrons. The second-order valence-corrected chi connectivity index (χ2v) is 8.16. The Morgan fingerprint density at radius 3 is 2.33 bits per heavy atom. The predicted molar refractivity (Wildman–Crippen MR) is 94.3 cm³/mol. The van der Waals surface area contributed by atoms with Crippen LogP contribution in [0.1, 0.15) is 53.9 Å². The van der Waals surface area contributed by atoms with E-state index in [4.69, 9.17) is 18.9 Å². The maximum Gasteiger partial charge on any atom is 0.336 e. The minimum absolute atomic E-state index is 0.0737. The van der Waals surface area contributed by atoms with Crippen molar-refractivity contribution in [1.29, 1.82) is 0 Å². The van der Waals surface area contributed by atoms with Crippen LogP contribution in [0.25, 0.3) is 0 Å². The van der Waals surface area contributed by atoms with Crippen molar-refractivity contribution in [2.45, 2.75) is 71.9 Å². The second kappa shape index (κ2) is 6.62. The van der Waals surface area contributed by atoms with Crippen molar-refractivity contribution in [1.82, 2.24) is 0 Å². The monoisotopic (exact) mass is 380 g/mol. The molecule has 27 heavy (non-hydrogen) atoms. The van der Waals surface area contributed by atoms with E-state index in [2.05, 4.69) is 0 Å². The van der Waals surface area contributed by atoms with E-state index >= 15 is 0 Å². The Kier molecular flexibility index (Phi) is 4.87. The van der Waals surface area contributed by atoms with E-state index in [0.717, 1.165) is 6.42 Å². The molecule has 0 aromatic heterocycles. The molecular formula is C20H28O7. The van der Waals surface area contributed by atoms with E-state index in [1.54, 1.807) is 6.92 Å². The fraction of sp³-hybridized carbons (Fsp3) is 0.750. The molecule has 2 fully saturated rings. The summed E-state index contributed by atoms with van der Waals surface area (Å²) in [5.41, 5.74) is 0.486. The van der Waals surface area contributed by atoms with Gasteiger partial charge in [0, 0.05) is 44.3 Å². The molecule has 2 aliphatic carbocycles. The highest BCUT2D eigenvalue weighted by Crippen LogP contribution is 2.61. The Labute approximate surface area is 159 Å². The Hall–Kier alpha value is -1.89. The van der Waals surface area contributed by atoms with Crippen molar-refractivity contribution < 1.29 is 33.3 Å². The van der Waals surface area contributed by atoms with Gasteiger partial charge in [0.25, 0.3) is 0 Å². The van der Waals surface area contributed by atoms with Crippen LogP contribution in [0.3, 0.4) is 0 Å². The zero-order chi connectivity index (χ0) is 20.1. The number of ether oxygens (including phenoxy) is 4. The fourth-order valence-corrected chi connectivity index (χ4v) is 5.29. The third-order valence-electron chi connectivity index (χ3n) is 6.87. The lowest BCUT2D eigenvalue weighted by Gasteiger charge is -2.58. The molecule has 150 valence electrons. The van der Waals surface area contributed by atoms with Crippen molar-refractivity contribution in [3.05, 3.63) is 11.1 Å². The molecule has 1 heterocycles. The first-order valence-electron chi connectivity index (χ1n) is 9.41. The van der Waals surface area contributed by atoms with Gasteiger partial charge >= 0.3 is 17.9 Å². The number of hydrogen-bond donors (Lipinski definition) is 0. The molecule has 7 heteroatoms. The van der Waals surface area contributed by atoms with Crippen LogP contribution < -0.4 is 0 Å². The highest BCUT2D eigenvalue weighted by Gasteiger charge is 2.66. The molecule has 0 aromatic carbocycles. The van der Waals surface area contributed by atoms with E-state index in [-0.39, 0.29) is 23.9 Å². The topological polar surface area (TPSA) is 88.1 Å². The summed E-state index contributed by atoms with van der Waals surface area (Å²) >= 11 is 0. The average Bonchev–Trinajstić information content (AvgIpc) is 2.83. The quantitative estimate of drug-likeness (QED) is 0.549. The Morgan fingerprint density at radius 1 is 1.15 bits per heavy atom. The predicted octanol–water partition coefficient (Wildman–Crippen LogP) is 2.52. The normalized spacial score (nSPS) is 40.7. The van der Waals surface area contributed by atoms with E-state index in [1.165, 1.54) is 21.0 Å². The third kappa shape index (κ3) is 2.87. The van der Waals surface area contributed by atoms with Gasteiger partial charge < -0.3 is 18.9 Å². The molecule has 3 rings (SSSR count). The summed E-state index contributed by atoms with van der Waals surface area (Å²) in [6.45, 7) is 8.50. The van der Waals surface area contributed by atoms with Gasteiger partial charge in [-0.15, -0.1) is 0 Å². The minimum atomic E-state index is -1.19. The molecule has 7 nitrogen and oxygen atoms in total. The summed E-state index contributed by atoms with van der Waals surface area (Å²) in [6, 6.07) is 0. The summed E-state index contributed by atoms with van der Waals surface area (Å²) in [7, 11) is 1.51. The second-order valence-electron chi connectivity index (χ2n) is 8.16. The highest BCUT2D eigenvalue weighted by molar-refractivity contribution is 5.92. The molecule has 0 unspecified atom stereocenters. The van der Waals surface area contributed by atoms with Gasteiger partial charge in [-0.2, -0.15) is 0 Å². The standard InChI is InChI=1S/C20H28O7/c1-10-16-17(26-13(4)22)19(5)11(2)15(25-12(3)21)8-7-14(19)9-20(16,24-6)27-18(10)23/h11,14-15,17H,7-9H2,1-6H3/t11-,14+,15-,17+,19+,20+/m0/s1. The molecule has 1 aliphatic heterocycles. The number of fused-ring (bicyclic) bond motifs is 2. The Balaban J connectivity index is 2.12. The number of rotatable bonds is 3. The summed E-state index contributed by atoms with van der Waals surface area (Å²) < 4.78 is 22.7. The minimum Gasteiger partial charge on any atom is -0.462 e. The number of carbonyl (C=O) groups is 3. The zero-order valence-electron chi connectivity index (χ0n) is 16.8. The number of hydrogen-bond acceptors (Lipinski definition) is 7. The largest absolute Gasteiger partial charge is 0.462 e. The van der Waals surface area contributed by atoms with E-state index in [1.807, 2.05) is 13.8 Å². The summed E-state index contributed by atoms with van der Waals surface area (Å²) in [4.78, 5) is 35.9. The lowest BCUT2D eigenvalue weighted by atomic mass is 9.51. The van der Waals surface area contributed by atoms with Crippen LogP contribution in [-0.4, -0.2) is 43.0 Å². The highest BCUT2D eigenvalue weighted by atomic mass is 16.7. The SMILES string of the molecule is CO[C@@]12C[C@H]3CC[C@H](OC(C)=O)[C@H](C)[C@@]3(C)[C@H](OC(C)=O)C1=C(C)C(=O)O2. The first-order chi connectivity index (χ1) is 12.6. The molecule has 3 aliphatic rings. The van der Waals surface area contributed by atoms with E-state index in [0.29, 0.717) is 24.0 Å². The maximum absolute atomic E-state index is 12.4.